The van der Waals surface area contributed by atoms with Gasteiger partial charge in [-0.05, 0) is 25.5 Å². The van der Waals surface area contributed by atoms with Gasteiger partial charge in [-0.2, -0.15) is 0 Å². The summed E-state index contributed by atoms with van der Waals surface area (Å²) in [5.41, 5.74) is 8.11. The van der Waals surface area contributed by atoms with Crippen molar-refractivity contribution in [3.63, 3.8) is 0 Å². The summed E-state index contributed by atoms with van der Waals surface area (Å²) in [7, 11) is 0. The molecule has 3 aromatic rings. The van der Waals surface area contributed by atoms with E-state index in [0.717, 1.165) is 12.2 Å². The van der Waals surface area contributed by atoms with E-state index in [0.29, 0.717) is 0 Å². The fraction of sp³-hybridized carbons (Fsp3) is 0.188. The van der Waals surface area contributed by atoms with Crippen LogP contribution in [0.25, 0.3) is 11.3 Å². The molecule has 0 amide bonds. The average Bonchev–Trinajstić information content (AvgIpc) is 3.03. The predicted octanol–water partition coefficient (Wildman–Crippen LogP) is 4.28. The van der Waals surface area contributed by atoms with Crippen molar-refractivity contribution in [3.8, 4) is 11.3 Å². The Bertz CT molecular complexity index is 666. The van der Waals surface area contributed by atoms with Crippen LogP contribution in [0.5, 0.6) is 0 Å². The van der Waals surface area contributed by atoms with Gasteiger partial charge in [0, 0.05) is 28.9 Å². The van der Waals surface area contributed by atoms with Crippen LogP contribution in [0, 0.1) is 13.8 Å². The molecule has 2 aromatic heterocycles. The van der Waals surface area contributed by atoms with Crippen molar-refractivity contribution in [1.29, 1.82) is 0 Å². The molecule has 1 aromatic carbocycles. The first-order chi connectivity index (χ1) is 9.25. The zero-order valence-electron chi connectivity index (χ0n) is 11.1. The minimum Gasteiger partial charge on any atom is -0.344 e. The molecule has 0 aliphatic heterocycles. The first-order valence-corrected chi connectivity index (χ1v) is 7.29. The Balaban J connectivity index is 1.99. The summed E-state index contributed by atoms with van der Waals surface area (Å²) < 4.78 is 2.35. The second-order valence-corrected chi connectivity index (χ2v) is 5.45. The molecule has 3 rings (SSSR count). The van der Waals surface area contributed by atoms with Gasteiger partial charge >= 0.3 is 0 Å². The van der Waals surface area contributed by atoms with Gasteiger partial charge in [-0.25, -0.2) is 4.98 Å². The van der Waals surface area contributed by atoms with Crippen molar-refractivity contribution in [2.45, 2.75) is 20.4 Å². The van der Waals surface area contributed by atoms with Crippen molar-refractivity contribution in [2.75, 3.05) is 0 Å². The molecule has 0 unspecified atom stereocenters. The molecular weight excluding hydrogens is 252 g/mol. The van der Waals surface area contributed by atoms with Crippen molar-refractivity contribution in [2.24, 2.45) is 0 Å². The van der Waals surface area contributed by atoms with Crippen LogP contribution in [0.15, 0.2) is 47.3 Å². The van der Waals surface area contributed by atoms with E-state index in [4.69, 9.17) is 0 Å². The number of rotatable bonds is 3. The Labute approximate surface area is 117 Å². The Morgan fingerprint density at radius 1 is 1.16 bits per heavy atom. The Kier molecular flexibility index (Phi) is 3.22. The molecule has 0 aliphatic rings. The van der Waals surface area contributed by atoms with Crippen molar-refractivity contribution < 1.29 is 0 Å². The van der Waals surface area contributed by atoms with Crippen LogP contribution < -0.4 is 0 Å². The quantitative estimate of drug-likeness (QED) is 0.693. The number of hydrogen-bond acceptors (Lipinski definition) is 2. The summed E-state index contributed by atoms with van der Waals surface area (Å²) in [5.74, 6) is 0. The molecular formula is C16H16N2S. The van der Waals surface area contributed by atoms with E-state index in [2.05, 4.69) is 65.2 Å². The highest BCUT2D eigenvalue weighted by Gasteiger charge is 2.12. The van der Waals surface area contributed by atoms with Crippen LogP contribution in [0.3, 0.4) is 0 Å². The largest absolute Gasteiger partial charge is 0.344 e. The fourth-order valence-corrected chi connectivity index (χ4v) is 2.97. The highest BCUT2D eigenvalue weighted by molar-refractivity contribution is 7.07. The van der Waals surface area contributed by atoms with Gasteiger partial charge in [0.2, 0.25) is 0 Å². The van der Waals surface area contributed by atoms with E-state index in [-0.39, 0.29) is 0 Å². The first-order valence-electron chi connectivity index (χ1n) is 6.35. The Morgan fingerprint density at radius 3 is 2.63 bits per heavy atom. The smallest absolute Gasteiger partial charge is 0.0829 e. The molecule has 19 heavy (non-hydrogen) atoms. The van der Waals surface area contributed by atoms with Crippen molar-refractivity contribution in [3.05, 3.63) is 64.2 Å². The van der Waals surface area contributed by atoms with Crippen LogP contribution in [0.2, 0.25) is 0 Å². The van der Waals surface area contributed by atoms with Gasteiger partial charge in [-0.15, -0.1) is 11.3 Å². The monoisotopic (exact) mass is 268 g/mol. The Morgan fingerprint density at radius 2 is 1.95 bits per heavy atom. The number of aryl methyl sites for hydroxylation is 1. The van der Waals surface area contributed by atoms with E-state index < -0.39 is 0 Å². The van der Waals surface area contributed by atoms with Crippen LogP contribution in [0.1, 0.15) is 17.0 Å². The van der Waals surface area contributed by atoms with Crippen molar-refractivity contribution in [1.82, 2.24) is 9.55 Å². The number of hydrogen-bond donors (Lipinski definition) is 0. The van der Waals surface area contributed by atoms with Gasteiger partial charge in [0.05, 0.1) is 11.2 Å². The van der Waals surface area contributed by atoms with Gasteiger partial charge in [0.25, 0.3) is 0 Å². The maximum Gasteiger partial charge on any atom is 0.0829 e. The zero-order valence-corrected chi connectivity index (χ0v) is 11.9. The van der Waals surface area contributed by atoms with Crippen LogP contribution in [-0.2, 0) is 6.54 Å². The van der Waals surface area contributed by atoms with Crippen molar-refractivity contribution >= 4 is 11.3 Å². The summed E-state index contributed by atoms with van der Waals surface area (Å²) in [6, 6.07) is 12.8. The lowest BCUT2D eigenvalue weighted by atomic mass is 10.2. The van der Waals surface area contributed by atoms with Gasteiger partial charge in [-0.1, -0.05) is 30.3 Å². The molecule has 0 saturated carbocycles. The SMILES string of the molecule is Cc1cc(-c2cscn2)c(C)n1Cc1ccccc1. The molecule has 2 nitrogen and oxygen atoms in total. The molecule has 96 valence electrons. The summed E-state index contributed by atoms with van der Waals surface area (Å²) in [6.07, 6.45) is 0. The highest BCUT2D eigenvalue weighted by Crippen LogP contribution is 2.27. The van der Waals surface area contributed by atoms with E-state index >= 15 is 0 Å². The minimum atomic E-state index is 0.919. The fourth-order valence-electron chi connectivity index (χ4n) is 2.42. The molecule has 0 N–H and O–H groups in total. The number of thiazole rings is 1. The van der Waals surface area contributed by atoms with Crippen LogP contribution >= 0.6 is 11.3 Å². The Hall–Kier alpha value is -1.87. The molecule has 0 saturated heterocycles. The first kappa shape index (κ1) is 12.2. The summed E-state index contributed by atoms with van der Waals surface area (Å²) in [5, 5.41) is 2.11. The summed E-state index contributed by atoms with van der Waals surface area (Å²) in [6.45, 7) is 5.25. The third kappa shape index (κ3) is 2.34. The minimum absolute atomic E-state index is 0.919. The molecule has 0 bridgehead atoms. The lowest BCUT2D eigenvalue weighted by Gasteiger charge is -2.09. The standard InChI is InChI=1S/C16H16N2S/c1-12-8-15(16-10-19-11-17-16)13(2)18(12)9-14-6-4-3-5-7-14/h3-8,10-11H,9H2,1-2H3. The molecule has 0 aliphatic carbocycles. The second kappa shape index (κ2) is 5.02. The lowest BCUT2D eigenvalue weighted by Crippen LogP contribution is -2.03. The van der Waals surface area contributed by atoms with E-state index in [1.807, 2.05) is 5.51 Å². The van der Waals surface area contributed by atoms with E-state index in [9.17, 15) is 0 Å². The number of benzene rings is 1. The van der Waals surface area contributed by atoms with E-state index in [1.54, 1.807) is 11.3 Å². The molecule has 0 atom stereocenters. The van der Waals surface area contributed by atoms with E-state index in [1.165, 1.54) is 22.5 Å². The maximum atomic E-state index is 4.41. The maximum absolute atomic E-state index is 4.41. The summed E-state index contributed by atoms with van der Waals surface area (Å²) in [4.78, 5) is 4.41. The number of nitrogens with zero attached hydrogens (tertiary/aromatic N) is 2. The molecule has 0 fully saturated rings. The third-order valence-electron chi connectivity index (χ3n) is 3.47. The zero-order chi connectivity index (χ0) is 13.2. The summed E-state index contributed by atoms with van der Waals surface area (Å²) >= 11 is 1.64. The predicted molar refractivity (Wildman–Crippen MR) is 80.6 cm³/mol. The lowest BCUT2D eigenvalue weighted by molar-refractivity contribution is 0.750. The van der Waals surface area contributed by atoms with Gasteiger partial charge in [-0.3, -0.25) is 0 Å². The second-order valence-electron chi connectivity index (χ2n) is 4.73. The van der Waals surface area contributed by atoms with Gasteiger partial charge in [0.1, 0.15) is 0 Å². The van der Waals surface area contributed by atoms with Gasteiger partial charge in [0.15, 0.2) is 0 Å². The van der Waals surface area contributed by atoms with Crippen LogP contribution in [-0.4, -0.2) is 9.55 Å². The number of aromatic nitrogens is 2. The molecule has 0 radical (unpaired) electrons. The average molecular weight is 268 g/mol. The van der Waals surface area contributed by atoms with Gasteiger partial charge < -0.3 is 4.57 Å². The molecule has 2 heterocycles. The van der Waals surface area contributed by atoms with Crippen LogP contribution in [0.4, 0.5) is 0 Å². The normalized spacial score (nSPS) is 10.8. The third-order valence-corrected chi connectivity index (χ3v) is 4.05. The molecule has 0 spiro atoms. The topological polar surface area (TPSA) is 17.8 Å². The molecule has 3 heteroatoms. The highest BCUT2D eigenvalue weighted by atomic mass is 32.1.